The van der Waals surface area contributed by atoms with E-state index in [9.17, 15) is 0 Å². The number of ether oxygens (including phenoxy) is 1. The molecule has 31 heavy (non-hydrogen) atoms. The van der Waals surface area contributed by atoms with Crippen LogP contribution in [0.2, 0.25) is 0 Å². The highest BCUT2D eigenvalue weighted by Gasteiger charge is 2.31. The zero-order chi connectivity index (χ0) is 20.8. The molecule has 174 valence electrons. The predicted molar refractivity (Wildman–Crippen MR) is 138 cm³/mol. The van der Waals surface area contributed by atoms with Crippen molar-refractivity contribution in [1.82, 2.24) is 20.0 Å². The van der Waals surface area contributed by atoms with Gasteiger partial charge in [-0.3, -0.25) is 14.8 Å². The van der Waals surface area contributed by atoms with Crippen LogP contribution in [0.4, 0.5) is 0 Å². The van der Waals surface area contributed by atoms with Gasteiger partial charge in [0.25, 0.3) is 0 Å². The number of morpholine rings is 1. The van der Waals surface area contributed by atoms with E-state index >= 15 is 0 Å². The molecule has 0 radical (unpaired) electrons. The lowest BCUT2D eigenvalue weighted by Crippen LogP contribution is -2.46. The van der Waals surface area contributed by atoms with Crippen LogP contribution < -0.4 is 5.32 Å². The third kappa shape index (κ3) is 6.55. The minimum atomic E-state index is 0. The van der Waals surface area contributed by atoms with Gasteiger partial charge in [0, 0.05) is 38.8 Å². The fraction of sp³-hybridized carbons (Fsp3) is 0.708. The number of aliphatic imine (C=N–C) groups is 1. The molecule has 2 atom stereocenters. The number of hydrogen-bond donors (Lipinski definition) is 1. The van der Waals surface area contributed by atoms with Gasteiger partial charge in [-0.15, -0.1) is 24.0 Å². The van der Waals surface area contributed by atoms with Crippen molar-refractivity contribution in [3.8, 4) is 0 Å². The molecule has 0 saturated carbocycles. The number of likely N-dealkylation sites (tertiary alicyclic amines) is 2. The van der Waals surface area contributed by atoms with Gasteiger partial charge in [-0.2, -0.15) is 0 Å². The zero-order valence-corrected chi connectivity index (χ0v) is 21.6. The molecule has 1 aromatic carbocycles. The molecule has 0 aromatic heterocycles. The smallest absolute Gasteiger partial charge is 0.194 e. The Kier molecular flexibility index (Phi) is 9.87. The number of halogens is 1. The molecule has 0 spiro atoms. The fourth-order valence-electron chi connectivity index (χ4n) is 5.05. The molecule has 4 rings (SSSR count). The summed E-state index contributed by atoms with van der Waals surface area (Å²) >= 11 is 0. The lowest BCUT2D eigenvalue weighted by atomic mass is 10.0. The first-order valence-corrected chi connectivity index (χ1v) is 11.9. The van der Waals surface area contributed by atoms with E-state index < -0.39 is 0 Å². The largest absolute Gasteiger partial charge is 0.379 e. The van der Waals surface area contributed by atoms with E-state index in [-0.39, 0.29) is 24.0 Å². The van der Waals surface area contributed by atoms with Crippen molar-refractivity contribution in [1.29, 1.82) is 0 Å². The van der Waals surface area contributed by atoms with Crippen molar-refractivity contribution in [3.05, 3.63) is 35.4 Å². The standard InChI is InChI=1S/C24H39N5O.HI/c1-3-25-24(29-13-10-22(19-29)27-14-16-30-17-15-27)26-18-23(28-11-4-5-12-28)21-8-6-20(2)7-9-21;/h6-9,22-23H,3-5,10-19H2,1-2H3,(H,25,26);1H. The van der Waals surface area contributed by atoms with Crippen molar-refractivity contribution in [2.75, 3.05) is 65.6 Å². The number of rotatable bonds is 6. The van der Waals surface area contributed by atoms with Crippen molar-refractivity contribution in [3.63, 3.8) is 0 Å². The summed E-state index contributed by atoms with van der Waals surface area (Å²) in [5.74, 6) is 1.09. The maximum Gasteiger partial charge on any atom is 0.194 e. The fourth-order valence-corrected chi connectivity index (χ4v) is 5.05. The highest BCUT2D eigenvalue weighted by Crippen LogP contribution is 2.26. The van der Waals surface area contributed by atoms with Crippen molar-refractivity contribution >= 4 is 29.9 Å². The Hall–Kier alpha value is -0.900. The molecule has 3 heterocycles. The monoisotopic (exact) mass is 541 g/mol. The SMILES string of the molecule is CCNC(=NCC(c1ccc(C)cc1)N1CCCC1)N1CCC(N2CCOCC2)C1.I. The van der Waals surface area contributed by atoms with Crippen LogP contribution >= 0.6 is 24.0 Å². The summed E-state index contributed by atoms with van der Waals surface area (Å²) in [7, 11) is 0. The van der Waals surface area contributed by atoms with E-state index in [4.69, 9.17) is 9.73 Å². The molecule has 3 saturated heterocycles. The molecule has 6 nitrogen and oxygen atoms in total. The molecule has 2 unspecified atom stereocenters. The van der Waals surface area contributed by atoms with Crippen LogP contribution in [-0.2, 0) is 4.74 Å². The zero-order valence-electron chi connectivity index (χ0n) is 19.3. The lowest BCUT2D eigenvalue weighted by molar-refractivity contribution is 0.0195. The first-order valence-electron chi connectivity index (χ1n) is 11.9. The van der Waals surface area contributed by atoms with Crippen LogP contribution in [0.1, 0.15) is 43.4 Å². The summed E-state index contributed by atoms with van der Waals surface area (Å²) in [5.41, 5.74) is 2.72. The van der Waals surface area contributed by atoms with Gasteiger partial charge >= 0.3 is 0 Å². The van der Waals surface area contributed by atoms with Gasteiger partial charge in [-0.05, 0) is 51.8 Å². The Morgan fingerprint density at radius 2 is 1.81 bits per heavy atom. The van der Waals surface area contributed by atoms with Crippen molar-refractivity contribution in [2.45, 2.75) is 45.2 Å². The topological polar surface area (TPSA) is 43.3 Å². The lowest BCUT2D eigenvalue weighted by Gasteiger charge is -2.32. The van der Waals surface area contributed by atoms with Gasteiger partial charge in [0.2, 0.25) is 0 Å². The molecule has 0 aliphatic carbocycles. The molecule has 0 amide bonds. The second-order valence-corrected chi connectivity index (χ2v) is 8.90. The van der Waals surface area contributed by atoms with Crippen LogP contribution in [0.3, 0.4) is 0 Å². The van der Waals surface area contributed by atoms with E-state index in [1.165, 1.54) is 43.5 Å². The van der Waals surface area contributed by atoms with E-state index in [1.807, 2.05) is 0 Å². The average Bonchev–Trinajstić information content (AvgIpc) is 3.48. The minimum absolute atomic E-state index is 0. The minimum Gasteiger partial charge on any atom is -0.379 e. The van der Waals surface area contributed by atoms with Crippen molar-refractivity contribution in [2.24, 2.45) is 4.99 Å². The Morgan fingerprint density at radius 3 is 2.48 bits per heavy atom. The maximum absolute atomic E-state index is 5.54. The predicted octanol–water partition coefficient (Wildman–Crippen LogP) is 3.12. The second kappa shape index (κ2) is 12.4. The van der Waals surface area contributed by atoms with Crippen LogP contribution in [0, 0.1) is 6.92 Å². The number of guanidine groups is 1. The van der Waals surface area contributed by atoms with Crippen LogP contribution in [-0.4, -0.2) is 92.3 Å². The molecule has 0 bridgehead atoms. The Morgan fingerprint density at radius 1 is 1.10 bits per heavy atom. The average molecular weight is 542 g/mol. The number of benzene rings is 1. The van der Waals surface area contributed by atoms with E-state index in [0.29, 0.717) is 12.1 Å². The summed E-state index contributed by atoms with van der Waals surface area (Å²) in [6, 6.07) is 10.1. The summed E-state index contributed by atoms with van der Waals surface area (Å²) in [5, 5.41) is 3.57. The summed E-state index contributed by atoms with van der Waals surface area (Å²) in [6.07, 6.45) is 3.83. The van der Waals surface area contributed by atoms with Crippen LogP contribution in [0.25, 0.3) is 0 Å². The third-order valence-corrected chi connectivity index (χ3v) is 6.82. The molecule has 1 aromatic rings. The third-order valence-electron chi connectivity index (χ3n) is 6.82. The van der Waals surface area contributed by atoms with Gasteiger partial charge in [0.15, 0.2) is 5.96 Å². The Balaban J connectivity index is 0.00000272. The number of nitrogens with one attached hydrogen (secondary N) is 1. The molecular weight excluding hydrogens is 501 g/mol. The highest BCUT2D eigenvalue weighted by molar-refractivity contribution is 14.0. The molecular formula is C24H40IN5O. The Bertz CT molecular complexity index is 686. The van der Waals surface area contributed by atoms with Gasteiger partial charge in [-0.1, -0.05) is 29.8 Å². The molecule has 3 aliphatic rings. The summed E-state index contributed by atoms with van der Waals surface area (Å²) in [6.45, 7) is 14.5. The van der Waals surface area contributed by atoms with Gasteiger partial charge < -0.3 is 15.0 Å². The molecule has 3 fully saturated rings. The molecule has 1 N–H and O–H groups in total. The number of hydrogen-bond acceptors (Lipinski definition) is 4. The van der Waals surface area contributed by atoms with Crippen LogP contribution in [0.5, 0.6) is 0 Å². The van der Waals surface area contributed by atoms with Gasteiger partial charge in [0.1, 0.15) is 0 Å². The van der Waals surface area contributed by atoms with E-state index in [0.717, 1.165) is 58.4 Å². The normalized spacial score (nSPS) is 24.3. The Labute approximate surface area is 205 Å². The molecule has 7 heteroatoms. The van der Waals surface area contributed by atoms with Gasteiger partial charge in [-0.25, -0.2) is 0 Å². The number of aryl methyl sites for hydroxylation is 1. The number of nitrogens with zero attached hydrogens (tertiary/aromatic N) is 4. The summed E-state index contributed by atoms with van der Waals surface area (Å²) in [4.78, 5) is 12.9. The van der Waals surface area contributed by atoms with E-state index in [1.54, 1.807) is 0 Å². The maximum atomic E-state index is 5.54. The molecule has 3 aliphatic heterocycles. The van der Waals surface area contributed by atoms with Crippen LogP contribution in [0.15, 0.2) is 29.3 Å². The van der Waals surface area contributed by atoms with Gasteiger partial charge in [0.05, 0.1) is 25.8 Å². The highest BCUT2D eigenvalue weighted by atomic mass is 127. The quantitative estimate of drug-likeness (QED) is 0.341. The van der Waals surface area contributed by atoms with Crippen molar-refractivity contribution < 1.29 is 4.74 Å². The first-order chi connectivity index (χ1) is 14.7. The summed E-state index contributed by atoms with van der Waals surface area (Å²) < 4.78 is 5.54. The van der Waals surface area contributed by atoms with E-state index in [2.05, 4.69) is 58.1 Å². The second-order valence-electron chi connectivity index (χ2n) is 8.90. The first kappa shape index (κ1) is 24.7.